The van der Waals surface area contributed by atoms with Gasteiger partial charge in [-0.25, -0.2) is 4.79 Å². The second-order valence-corrected chi connectivity index (χ2v) is 18.1. The molecule has 0 aliphatic heterocycles. The summed E-state index contributed by atoms with van der Waals surface area (Å²) in [6.45, 7) is 4.47. The molecule has 9 nitrogen and oxygen atoms in total. The lowest BCUT2D eigenvalue weighted by Crippen LogP contribution is -2.40. The summed E-state index contributed by atoms with van der Waals surface area (Å²) in [6.07, 6.45) is 73.5. The van der Waals surface area contributed by atoms with Gasteiger partial charge >= 0.3 is 17.9 Å². The lowest BCUT2D eigenvalue weighted by molar-refractivity contribution is -0.870. The van der Waals surface area contributed by atoms with Gasteiger partial charge in [-0.3, -0.25) is 9.59 Å². The Labute approximate surface area is 432 Å². The fraction of sp³-hybridized carbons (Fsp3) is 0.532. The van der Waals surface area contributed by atoms with Crippen LogP contribution in [0.3, 0.4) is 0 Å². The number of nitrogens with zero attached hydrogens (tertiary/aromatic N) is 1. The number of carboxylic acid groups (broad SMARTS) is 1. The van der Waals surface area contributed by atoms with Crippen LogP contribution in [0.15, 0.2) is 158 Å². The van der Waals surface area contributed by atoms with Crippen LogP contribution in [0.4, 0.5) is 0 Å². The second kappa shape index (κ2) is 51.3. The molecule has 0 saturated carbocycles. The normalized spacial score (nSPS) is 14.1. The molecule has 0 bridgehead atoms. The predicted molar refractivity (Wildman–Crippen MR) is 299 cm³/mol. The highest BCUT2D eigenvalue weighted by molar-refractivity contribution is 5.72. The minimum atomic E-state index is -1.54. The van der Waals surface area contributed by atoms with Crippen LogP contribution >= 0.6 is 0 Å². The second-order valence-electron chi connectivity index (χ2n) is 18.1. The lowest BCUT2D eigenvalue weighted by atomic mass is 10.1. The smallest absolute Gasteiger partial charge is 0.361 e. The molecule has 0 amide bonds. The van der Waals surface area contributed by atoms with Crippen molar-refractivity contribution in [3.05, 3.63) is 158 Å². The molecule has 0 rings (SSSR count). The minimum absolute atomic E-state index is 0.0565. The summed E-state index contributed by atoms with van der Waals surface area (Å²) < 4.78 is 22.6. The van der Waals surface area contributed by atoms with E-state index in [9.17, 15) is 19.5 Å². The Morgan fingerprint density at radius 2 is 0.803 bits per heavy atom. The Bertz CT molecular complexity index is 1710. The average molecular weight is 983 g/mol. The van der Waals surface area contributed by atoms with E-state index in [4.69, 9.17) is 18.9 Å². The van der Waals surface area contributed by atoms with E-state index in [-0.39, 0.29) is 32.7 Å². The quantitative estimate of drug-likeness (QED) is 0.0211. The molecule has 9 heteroatoms. The highest BCUT2D eigenvalue weighted by atomic mass is 16.7. The molecule has 0 aromatic heterocycles. The molecule has 0 aliphatic rings. The van der Waals surface area contributed by atoms with Gasteiger partial charge in [0.15, 0.2) is 6.10 Å². The van der Waals surface area contributed by atoms with E-state index in [1.165, 1.54) is 0 Å². The first-order valence-electron chi connectivity index (χ1n) is 26.6. The first-order chi connectivity index (χ1) is 34.6. The van der Waals surface area contributed by atoms with Crippen molar-refractivity contribution in [2.75, 3.05) is 47.5 Å². The number of quaternary nitrogens is 1. The van der Waals surface area contributed by atoms with Crippen LogP contribution in [0.25, 0.3) is 0 Å². The van der Waals surface area contributed by atoms with Crippen molar-refractivity contribution in [3.8, 4) is 0 Å². The predicted octanol–water partition coefficient (Wildman–Crippen LogP) is 15.4. The molecule has 0 spiro atoms. The van der Waals surface area contributed by atoms with Crippen LogP contribution < -0.4 is 0 Å². The highest BCUT2D eigenvalue weighted by Crippen LogP contribution is 2.12. The van der Waals surface area contributed by atoms with E-state index in [1.54, 1.807) is 6.08 Å². The van der Waals surface area contributed by atoms with Gasteiger partial charge in [-0.05, 0) is 103 Å². The Hall–Kier alpha value is -5.09. The summed E-state index contributed by atoms with van der Waals surface area (Å²) in [7, 11) is 5.91. The fourth-order valence-corrected chi connectivity index (χ4v) is 6.28. The zero-order valence-electron chi connectivity index (χ0n) is 44.8. The summed E-state index contributed by atoms with van der Waals surface area (Å²) in [5.41, 5.74) is 0. The summed E-state index contributed by atoms with van der Waals surface area (Å²) >= 11 is 0. The number of carboxylic acids is 1. The van der Waals surface area contributed by atoms with Crippen molar-refractivity contribution in [2.45, 2.75) is 167 Å². The Kier molecular flexibility index (Phi) is 47.6. The van der Waals surface area contributed by atoms with Gasteiger partial charge in [0, 0.05) is 6.42 Å². The van der Waals surface area contributed by atoms with Gasteiger partial charge in [0.1, 0.15) is 13.2 Å². The summed E-state index contributed by atoms with van der Waals surface area (Å²) in [4.78, 5) is 37.2. The van der Waals surface area contributed by atoms with Crippen LogP contribution in [0.1, 0.15) is 155 Å². The molecule has 0 heterocycles. The Morgan fingerprint density at radius 1 is 0.437 bits per heavy atom. The van der Waals surface area contributed by atoms with Crippen LogP contribution in [-0.4, -0.2) is 87.4 Å². The molecule has 1 N–H and O–H groups in total. The third kappa shape index (κ3) is 52.6. The van der Waals surface area contributed by atoms with E-state index < -0.39 is 30.3 Å². The molecular formula is C62H96NO8+. The van der Waals surface area contributed by atoms with Gasteiger partial charge in [0.05, 0.1) is 40.8 Å². The molecule has 0 saturated heterocycles. The topological polar surface area (TPSA) is 108 Å². The van der Waals surface area contributed by atoms with Crippen LogP contribution in [-0.2, 0) is 33.3 Å². The fourth-order valence-electron chi connectivity index (χ4n) is 6.28. The Morgan fingerprint density at radius 3 is 1.20 bits per heavy atom. The van der Waals surface area contributed by atoms with Crippen molar-refractivity contribution in [3.63, 3.8) is 0 Å². The molecular weight excluding hydrogens is 887 g/mol. The number of rotatable bonds is 46. The van der Waals surface area contributed by atoms with E-state index in [2.05, 4.69) is 154 Å². The third-order valence-electron chi connectivity index (χ3n) is 10.3. The molecule has 0 fully saturated rings. The monoisotopic (exact) mass is 983 g/mol. The van der Waals surface area contributed by atoms with Gasteiger partial charge in [0.25, 0.3) is 6.29 Å². The molecule has 71 heavy (non-hydrogen) atoms. The molecule has 0 radical (unpaired) electrons. The average Bonchev–Trinajstić information content (AvgIpc) is 3.34. The number of hydrogen-bond donors (Lipinski definition) is 1. The number of unbranched alkanes of at least 4 members (excludes halogenated alkanes) is 6. The highest BCUT2D eigenvalue weighted by Gasteiger charge is 2.25. The van der Waals surface area contributed by atoms with Gasteiger partial charge in [-0.2, -0.15) is 0 Å². The number of esters is 2. The van der Waals surface area contributed by atoms with Gasteiger partial charge in [0.2, 0.25) is 0 Å². The summed E-state index contributed by atoms with van der Waals surface area (Å²) in [5.74, 6) is -2.22. The lowest BCUT2D eigenvalue weighted by Gasteiger charge is -2.25. The van der Waals surface area contributed by atoms with Gasteiger partial charge < -0.3 is 28.5 Å². The van der Waals surface area contributed by atoms with Crippen molar-refractivity contribution in [1.29, 1.82) is 0 Å². The zero-order valence-corrected chi connectivity index (χ0v) is 44.8. The minimum Gasteiger partial charge on any atom is -0.477 e. The molecule has 396 valence electrons. The molecule has 2 unspecified atom stereocenters. The maximum absolute atomic E-state index is 12.8. The summed E-state index contributed by atoms with van der Waals surface area (Å²) in [5, 5.41) is 9.67. The molecule has 0 aromatic rings. The number of likely N-dealkylation sites (N-methyl/N-ethyl adjacent to an activating group) is 1. The number of carbonyl (C=O) groups excluding carboxylic acids is 2. The Balaban J connectivity index is 4.42. The van der Waals surface area contributed by atoms with Crippen molar-refractivity contribution >= 4 is 17.9 Å². The van der Waals surface area contributed by atoms with Crippen LogP contribution in [0, 0.1) is 0 Å². The molecule has 0 aromatic carbocycles. The van der Waals surface area contributed by atoms with Crippen molar-refractivity contribution in [2.24, 2.45) is 0 Å². The number of ether oxygens (including phenoxy) is 4. The largest absolute Gasteiger partial charge is 0.477 e. The number of hydrogen-bond acceptors (Lipinski definition) is 7. The van der Waals surface area contributed by atoms with Crippen molar-refractivity contribution < 1.29 is 42.9 Å². The van der Waals surface area contributed by atoms with Crippen LogP contribution in [0.5, 0.6) is 0 Å². The first-order valence-corrected chi connectivity index (χ1v) is 26.6. The number of allylic oxidation sites excluding steroid dienone is 25. The van der Waals surface area contributed by atoms with Gasteiger partial charge in [-0.15, -0.1) is 0 Å². The molecule has 0 aliphatic carbocycles. The number of carbonyl (C=O) groups is 3. The first kappa shape index (κ1) is 65.9. The van der Waals surface area contributed by atoms with E-state index >= 15 is 0 Å². The van der Waals surface area contributed by atoms with E-state index in [0.29, 0.717) is 23.9 Å². The SMILES string of the molecule is CC/C=C\C/C=C\C/C=C\C/C=C\C/C=C\C/C=C\C/C=C\C/C=C\CCCCCCCCC(=O)OC(COC(=O)C/C=C\C/C=C\C/C=C\C/C=C\C/C=C\CC)COC(OCC[N+](C)(C)C)C(=O)O. The van der Waals surface area contributed by atoms with Crippen LogP contribution in [0.2, 0.25) is 0 Å². The standard InChI is InChI=1S/C62H95NO8/c1-6-8-10-12-14-16-18-20-22-23-24-25-26-27-28-29-30-31-32-33-34-35-36-37-39-41-43-45-47-49-51-53-60(65)71-58(57-70-62(61(66)67)68-55-54-63(3,4)5)56-69-59(64)52-50-48-46-44-42-40-38-21-19-17-15-13-11-9-7-2/h8-11,14-17,20-22,24-25,27-28,30-31,33-34,36-38,42,44,48,50,58,62H,6-7,12-13,18-19,23,26,29,32,35,39-41,43,45-47,49,51-57H2,1-5H3/p+1/b10-8-,11-9-,16-14-,17-15-,22-20-,25-24-,28-27-,31-30-,34-33-,37-36-,38-21-,44-42-,50-48-. The third-order valence-corrected chi connectivity index (χ3v) is 10.3. The van der Waals surface area contributed by atoms with Crippen molar-refractivity contribution in [1.82, 2.24) is 0 Å². The van der Waals surface area contributed by atoms with E-state index in [0.717, 1.165) is 116 Å². The van der Waals surface area contributed by atoms with Gasteiger partial charge in [-0.1, -0.05) is 198 Å². The molecule has 2 atom stereocenters. The number of aliphatic carboxylic acids is 1. The van der Waals surface area contributed by atoms with E-state index in [1.807, 2.05) is 33.3 Å². The zero-order chi connectivity index (χ0) is 52.0. The maximum Gasteiger partial charge on any atom is 0.361 e. The maximum atomic E-state index is 12.8. The summed E-state index contributed by atoms with van der Waals surface area (Å²) in [6, 6.07) is 0.